The van der Waals surface area contributed by atoms with Crippen LogP contribution in [0.3, 0.4) is 0 Å². The van der Waals surface area contributed by atoms with E-state index in [1.807, 2.05) is 0 Å². The maximum atomic E-state index is 5.33. The largest absolute Gasteiger partial charge is 0.382 e. The Bertz CT molecular complexity index is 84.3. The van der Waals surface area contributed by atoms with Crippen molar-refractivity contribution in [3.8, 4) is 0 Å². The molecule has 0 heterocycles. The first kappa shape index (κ1) is 14.4. The molecule has 12 heavy (non-hydrogen) atoms. The number of rotatable bonds is 5. The minimum atomic E-state index is 0. The van der Waals surface area contributed by atoms with Gasteiger partial charge in [0, 0.05) is 13.7 Å². The van der Waals surface area contributed by atoms with Crippen molar-refractivity contribution < 1.29 is 9.47 Å². The lowest BCUT2D eigenvalue weighted by atomic mass is 9.93. The fourth-order valence-corrected chi connectivity index (χ4v) is 0.623. The molecule has 2 nitrogen and oxygen atoms in total. The van der Waals surface area contributed by atoms with Crippen LogP contribution in [-0.4, -0.2) is 26.9 Å². The molecule has 0 N–H and O–H groups in total. The Labute approximate surface area is 77.3 Å². The second-order valence-electron chi connectivity index (χ2n) is 3.92. The van der Waals surface area contributed by atoms with Crippen molar-refractivity contribution in [2.75, 3.05) is 26.9 Å². The van der Waals surface area contributed by atoms with E-state index in [-0.39, 0.29) is 7.43 Å². The first-order chi connectivity index (χ1) is 5.06. The predicted octanol–water partition coefficient (Wildman–Crippen LogP) is 2.72. The van der Waals surface area contributed by atoms with Gasteiger partial charge in [0.2, 0.25) is 0 Å². The van der Waals surface area contributed by atoms with Gasteiger partial charge < -0.3 is 9.47 Å². The van der Waals surface area contributed by atoms with Gasteiger partial charge in [-0.05, 0) is 11.8 Å². The molecule has 0 aromatic rings. The van der Waals surface area contributed by atoms with Crippen LogP contribution in [0.2, 0.25) is 0 Å². The molecular weight excluding hydrogens is 152 g/mol. The van der Waals surface area contributed by atoms with E-state index < -0.39 is 0 Å². The summed E-state index contributed by atoms with van der Waals surface area (Å²) in [5.41, 5.74) is 0.382. The lowest BCUT2D eigenvalue weighted by Crippen LogP contribution is -2.11. The quantitative estimate of drug-likeness (QED) is 0.600. The highest BCUT2D eigenvalue weighted by Crippen LogP contribution is 2.17. The van der Waals surface area contributed by atoms with E-state index in [4.69, 9.17) is 9.47 Å². The van der Waals surface area contributed by atoms with Gasteiger partial charge in [0.25, 0.3) is 0 Å². The van der Waals surface area contributed by atoms with Crippen LogP contribution in [0, 0.1) is 5.41 Å². The van der Waals surface area contributed by atoms with Crippen molar-refractivity contribution in [3.63, 3.8) is 0 Å². The molecule has 0 spiro atoms. The van der Waals surface area contributed by atoms with Gasteiger partial charge in [0.1, 0.15) is 0 Å². The summed E-state index contributed by atoms with van der Waals surface area (Å²) in [6, 6.07) is 0. The molecule has 76 valence electrons. The Morgan fingerprint density at radius 3 is 2.00 bits per heavy atom. The molecule has 0 fully saturated rings. The molecule has 0 aliphatic heterocycles. The second kappa shape index (κ2) is 7.56. The molecule has 0 aliphatic carbocycles. The zero-order valence-corrected chi connectivity index (χ0v) is 8.14. The SMILES string of the molecule is C.COCCOCCC(C)(C)C. The van der Waals surface area contributed by atoms with E-state index in [0.717, 1.165) is 13.0 Å². The minimum absolute atomic E-state index is 0. The first-order valence-electron chi connectivity index (χ1n) is 4.13. The van der Waals surface area contributed by atoms with Crippen LogP contribution in [0.5, 0.6) is 0 Å². The highest BCUT2D eigenvalue weighted by atomic mass is 16.5. The van der Waals surface area contributed by atoms with E-state index in [2.05, 4.69) is 20.8 Å². The fourth-order valence-electron chi connectivity index (χ4n) is 0.623. The van der Waals surface area contributed by atoms with Crippen LogP contribution in [0.1, 0.15) is 34.6 Å². The average molecular weight is 176 g/mol. The summed E-state index contributed by atoms with van der Waals surface area (Å²) in [4.78, 5) is 0. The van der Waals surface area contributed by atoms with Crippen molar-refractivity contribution in [2.24, 2.45) is 5.41 Å². The molecule has 0 radical (unpaired) electrons. The van der Waals surface area contributed by atoms with Gasteiger partial charge in [-0.25, -0.2) is 0 Å². The molecule has 0 unspecified atom stereocenters. The molecule has 0 aromatic carbocycles. The van der Waals surface area contributed by atoms with Crippen LogP contribution >= 0.6 is 0 Å². The average Bonchev–Trinajstić information content (AvgIpc) is 1.85. The van der Waals surface area contributed by atoms with Gasteiger partial charge in [-0.1, -0.05) is 28.2 Å². The number of ether oxygens (including phenoxy) is 2. The van der Waals surface area contributed by atoms with Gasteiger partial charge in [0.15, 0.2) is 0 Å². The molecule has 0 saturated heterocycles. The molecule has 0 rings (SSSR count). The fraction of sp³-hybridized carbons (Fsp3) is 1.00. The monoisotopic (exact) mass is 176 g/mol. The van der Waals surface area contributed by atoms with Crippen molar-refractivity contribution in [1.29, 1.82) is 0 Å². The Morgan fingerprint density at radius 1 is 1.00 bits per heavy atom. The van der Waals surface area contributed by atoms with Crippen LogP contribution < -0.4 is 0 Å². The summed E-state index contributed by atoms with van der Waals surface area (Å²) in [6.45, 7) is 8.90. The van der Waals surface area contributed by atoms with Gasteiger partial charge in [0.05, 0.1) is 13.2 Å². The Morgan fingerprint density at radius 2 is 1.58 bits per heavy atom. The summed E-state index contributed by atoms with van der Waals surface area (Å²) >= 11 is 0. The zero-order chi connectivity index (χ0) is 8.74. The topological polar surface area (TPSA) is 18.5 Å². The molecule has 2 heteroatoms. The van der Waals surface area contributed by atoms with Crippen LogP contribution in [0.25, 0.3) is 0 Å². The van der Waals surface area contributed by atoms with Gasteiger partial charge in [-0.3, -0.25) is 0 Å². The standard InChI is InChI=1S/C9H20O2.CH4/c1-9(2,3)5-6-11-8-7-10-4;/h5-8H2,1-4H3;1H4. The lowest BCUT2D eigenvalue weighted by Gasteiger charge is -2.17. The molecule has 0 aromatic heterocycles. The number of hydrogen-bond acceptors (Lipinski definition) is 2. The molecule has 0 bridgehead atoms. The Kier molecular flexibility index (Phi) is 9.10. The summed E-state index contributed by atoms with van der Waals surface area (Å²) in [7, 11) is 1.69. The van der Waals surface area contributed by atoms with Gasteiger partial charge in [-0.15, -0.1) is 0 Å². The predicted molar refractivity (Wildman–Crippen MR) is 53.5 cm³/mol. The van der Waals surface area contributed by atoms with Gasteiger partial charge >= 0.3 is 0 Å². The van der Waals surface area contributed by atoms with Gasteiger partial charge in [-0.2, -0.15) is 0 Å². The van der Waals surface area contributed by atoms with Crippen LogP contribution in [0.15, 0.2) is 0 Å². The third kappa shape index (κ3) is 12.6. The maximum absolute atomic E-state index is 5.33. The van der Waals surface area contributed by atoms with Crippen molar-refractivity contribution >= 4 is 0 Å². The van der Waals surface area contributed by atoms with Crippen molar-refractivity contribution in [2.45, 2.75) is 34.6 Å². The summed E-state index contributed by atoms with van der Waals surface area (Å²) < 4.78 is 10.2. The Balaban J connectivity index is 0. The number of methoxy groups -OCH3 is 1. The minimum Gasteiger partial charge on any atom is -0.382 e. The van der Waals surface area contributed by atoms with Crippen LogP contribution in [-0.2, 0) is 9.47 Å². The summed E-state index contributed by atoms with van der Waals surface area (Å²) in [6.07, 6.45) is 1.11. The summed E-state index contributed by atoms with van der Waals surface area (Å²) in [5.74, 6) is 0. The van der Waals surface area contributed by atoms with E-state index in [9.17, 15) is 0 Å². The number of hydrogen-bond donors (Lipinski definition) is 0. The highest BCUT2D eigenvalue weighted by molar-refractivity contribution is 4.59. The molecular formula is C10H24O2. The molecule has 0 amide bonds. The van der Waals surface area contributed by atoms with E-state index >= 15 is 0 Å². The van der Waals surface area contributed by atoms with E-state index in [1.54, 1.807) is 7.11 Å². The van der Waals surface area contributed by atoms with Crippen LogP contribution in [0.4, 0.5) is 0 Å². The lowest BCUT2D eigenvalue weighted by molar-refractivity contribution is 0.0580. The van der Waals surface area contributed by atoms with E-state index in [0.29, 0.717) is 18.6 Å². The van der Waals surface area contributed by atoms with Crippen molar-refractivity contribution in [3.05, 3.63) is 0 Å². The second-order valence-corrected chi connectivity index (χ2v) is 3.92. The first-order valence-corrected chi connectivity index (χ1v) is 4.13. The summed E-state index contributed by atoms with van der Waals surface area (Å²) in [5, 5.41) is 0. The zero-order valence-electron chi connectivity index (χ0n) is 8.14. The van der Waals surface area contributed by atoms with Crippen molar-refractivity contribution in [1.82, 2.24) is 0 Å². The maximum Gasteiger partial charge on any atom is 0.0700 e. The molecule has 0 aliphatic rings. The normalized spacial score (nSPS) is 11.0. The third-order valence-corrected chi connectivity index (χ3v) is 1.43. The highest BCUT2D eigenvalue weighted by Gasteiger charge is 2.08. The Hall–Kier alpha value is -0.0800. The van der Waals surface area contributed by atoms with E-state index in [1.165, 1.54) is 0 Å². The smallest absolute Gasteiger partial charge is 0.0700 e. The molecule has 0 saturated carbocycles. The third-order valence-electron chi connectivity index (χ3n) is 1.43. The molecule has 0 atom stereocenters.